The Kier molecular flexibility index (Phi) is 4.88. The normalized spacial score (nSPS) is 21.1. The molecule has 116 valence electrons. The van der Waals surface area contributed by atoms with Crippen molar-refractivity contribution < 1.29 is 23.1 Å². The first-order valence-corrected chi connectivity index (χ1v) is 6.95. The Hall–Kier alpha value is -1.56. The van der Waals surface area contributed by atoms with Crippen LogP contribution in [0.2, 0.25) is 0 Å². The van der Waals surface area contributed by atoms with E-state index in [0.717, 1.165) is 0 Å². The first-order chi connectivity index (χ1) is 9.88. The van der Waals surface area contributed by atoms with E-state index in [1.807, 2.05) is 0 Å². The Bertz CT molecular complexity index is 476. The number of amides is 1. The maximum atomic E-state index is 13.2. The zero-order valence-corrected chi connectivity index (χ0v) is 11.5. The second kappa shape index (κ2) is 6.47. The fourth-order valence-corrected chi connectivity index (χ4v) is 2.59. The number of alkyl halides is 3. The molecule has 0 bridgehead atoms. The highest BCUT2D eigenvalue weighted by molar-refractivity contribution is 5.77. The van der Waals surface area contributed by atoms with E-state index in [2.05, 4.69) is 0 Å². The molecule has 0 radical (unpaired) electrons. The minimum atomic E-state index is -4.47. The maximum absolute atomic E-state index is 13.2. The van der Waals surface area contributed by atoms with Gasteiger partial charge in [-0.1, -0.05) is 30.3 Å². The monoisotopic (exact) mass is 301 g/mol. The van der Waals surface area contributed by atoms with Crippen molar-refractivity contribution in [3.63, 3.8) is 0 Å². The summed E-state index contributed by atoms with van der Waals surface area (Å²) in [7, 11) is 0. The SMILES string of the molecule is O=C(CC(c1ccccc1)C(F)(F)F)N1CCCC(O)C1. The van der Waals surface area contributed by atoms with Gasteiger partial charge in [-0.2, -0.15) is 13.2 Å². The van der Waals surface area contributed by atoms with Crippen LogP contribution in [0.25, 0.3) is 0 Å². The molecule has 1 aromatic carbocycles. The Balaban J connectivity index is 2.10. The number of rotatable bonds is 3. The number of benzene rings is 1. The Morgan fingerprint density at radius 2 is 2.00 bits per heavy atom. The van der Waals surface area contributed by atoms with E-state index >= 15 is 0 Å². The van der Waals surface area contributed by atoms with Crippen molar-refractivity contribution in [3.8, 4) is 0 Å². The van der Waals surface area contributed by atoms with Crippen molar-refractivity contribution in [2.75, 3.05) is 13.1 Å². The third kappa shape index (κ3) is 4.20. The van der Waals surface area contributed by atoms with Crippen LogP contribution in [0.15, 0.2) is 30.3 Å². The van der Waals surface area contributed by atoms with Crippen LogP contribution in [-0.2, 0) is 4.79 Å². The van der Waals surface area contributed by atoms with Gasteiger partial charge in [0.1, 0.15) is 0 Å². The number of hydrogen-bond acceptors (Lipinski definition) is 2. The summed E-state index contributed by atoms with van der Waals surface area (Å²) in [5.74, 6) is -2.36. The molecular weight excluding hydrogens is 283 g/mol. The van der Waals surface area contributed by atoms with Crippen LogP contribution in [0.5, 0.6) is 0 Å². The van der Waals surface area contributed by atoms with Crippen LogP contribution in [-0.4, -0.2) is 41.3 Å². The van der Waals surface area contributed by atoms with E-state index in [1.54, 1.807) is 6.07 Å². The predicted molar refractivity (Wildman–Crippen MR) is 71.7 cm³/mol. The van der Waals surface area contributed by atoms with Gasteiger partial charge in [0, 0.05) is 19.5 Å². The molecule has 1 heterocycles. The molecule has 1 aromatic rings. The van der Waals surface area contributed by atoms with E-state index in [9.17, 15) is 23.1 Å². The molecule has 6 heteroatoms. The van der Waals surface area contributed by atoms with Crippen LogP contribution in [0, 0.1) is 0 Å². The first kappa shape index (κ1) is 15.8. The van der Waals surface area contributed by atoms with Crippen LogP contribution in [0.3, 0.4) is 0 Å². The van der Waals surface area contributed by atoms with E-state index in [0.29, 0.717) is 19.4 Å². The van der Waals surface area contributed by atoms with Gasteiger partial charge in [-0.05, 0) is 18.4 Å². The van der Waals surface area contributed by atoms with Crippen molar-refractivity contribution in [1.82, 2.24) is 4.90 Å². The first-order valence-electron chi connectivity index (χ1n) is 6.95. The predicted octanol–water partition coefficient (Wildman–Crippen LogP) is 2.71. The summed E-state index contributed by atoms with van der Waals surface area (Å²) in [6, 6.07) is 7.47. The molecule has 1 fully saturated rings. The number of piperidine rings is 1. The molecule has 0 spiro atoms. The molecule has 0 aliphatic carbocycles. The van der Waals surface area contributed by atoms with Crippen LogP contribution in [0.1, 0.15) is 30.7 Å². The summed E-state index contributed by atoms with van der Waals surface area (Å²) in [6.45, 7) is 0.535. The molecule has 3 nitrogen and oxygen atoms in total. The second-order valence-electron chi connectivity index (χ2n) is 5.34. The molecule has 1 amide bonds. The molecule has 2 rings (SSSR count). The van der Waals surface area contributed by atoms with E-state index in [-0.39, 0.29) is 12.1 Å². The largest absolute Gasteiger partial charge is 0.396 e. The third-order valence-electron chi connectivity index (χ3n) is 3.73. The molecule has 2 atom stereocenters. The molecule has 0 aromatic heterocycles. The number of nitrogens with zero attached hydrogens (tertiary/aromatic N) is 1. The lowest BCUT2D eigenvalue weighted by Gasteiger charge is -2.31. The number of likely N-dealkylation sites (tertiary alicyclic amines) is 1. The highest BCUT2D eigenvalue weighted by atomic mass is 19.4. The standard InChI is InChI=1S/C15H18F3NO2/c16-15(17,18)13(11-5-2-1-3-6-11)9-14(21)19-8-4-7-12(20)10-19/h1-3,5-6,12-13,20H,4,7-10H2. The molecule has 1 aliphatic rings. The Morgan fingerprint density at radius 3 is 2.57 bits per heavy atom. The van der Waals surface area contributed by atoms with Crippen molar-refractivity contribution >= 4 is 5.91 Å². The van der Waals surface area contributed by atoms with E-state index < -0.39 is 30.5 Å². The minimum Gasteiger partial charge on any atom is -0.391 e. The highest BCUT2D eigenvalue weighted by Crippen LogP contribution is 2.37. The summed E-state index contributed by atoms with van der Waals surface area (Å²) in [6.07, 6.45) is -4.50. The van der Waals surface area contributed by atoms with E-state index in [4.69, 9.17) is 0 Å². The summed E-state index contributed by atoms with van der Waals surface area (Å²) in [5, 5.41) is 9.52. The van der Waals surface area contributed by atoms with Gasteiger partial charge in [-0.15, -0.1) is 0 Å². The third-order valence-corrected chi connectivity index (χ3v) is 3.73. The lowest BCUT2D eigenvalue weighted by molar-refractivity contribution is -0.161. The molecule has 0 saturated carbocycles. The van der Waals surface area contributed by atoms with Gasteiger partial charge in [0.15, 0.2) is 0 Å². The Labute approximate surface area is 121 Å². The van der Waals surface area contributed by atoms with Crippen LogP contribution < -0.4 is 0 Å². The summed E-state index contributed by atoms with van der Waals surface area (Å²) >= 11 is 0. The highest BCUT2D eigenvalue weighted by Gasteiger charge is 2.42. The molecule has 1 N–H and O–H groups in total. The maximum Gasteiger partial charge on any atom is 0.396 e. The summed E-state index contributed by atoms with van der Waals surface area (Å²) < 4.78 is 39.6. The molecule has 2 unspecified atom stereocenters. The molecule has 1 aliphatic heterocycles. The van der Waals surface area contributed by atoms with Gasteiger partial charge in [-0.3, -0.25) is 4.79 Å². The van der Waals surface area contributed by atoms with Crippen molar-refractivity contribution in [2.24, 2.45) is 0 Å². The van der Waals surface area contributed by atoms with Gasteiger partial charge in [0.2, 0.25) is 5.91 Å². The quantitative estimate of drug-likeness (QED) is 0.932. The van der Waals surface area contributed by atoms with Crippen molar-refractivity contribution in [1.29, 1.82) is 0 Å². The average molecular weight is 301 g/mol. The van der Waals surface area contributed by atoms with Gasteiger partial charge < -0.3 is 10.0 Å². The fraction of sp³-hybridized carbons (Fsp3) is 0.533. The van der Waals surface area contributed by atoms with Gasteiger partial charge >= 0.3 is 6.18 Å². The van der Waals surface area contributed by atoms with Crippen molar-refractivity contribution in [3.05, 3.63) is 35.9 Å². The molecule has 1 saturated heterocycles. The lowest BCUT2D eigenvalue weighted by atomic mass is 9.94. The topological polar surface area (TPSA) is 40.5 Å². The number of carbonyl (C=O) groups excluding carboxylic acids is 1. The zero-order chi connectivity index (χ0) is 15.5. The van der Waals surface area contributed by atoms with E-state index in [1.165, 1.54) is 29.2 Å². The van der Waals surface area contributed by atoms with Gasteiger partial charge in [0.05, 0.1) is 12.0 Å². The number of β-amino-alcohol motifs (C(OH)–C–C–N with tert-alkyl or cyclic N) is 1. The number of aliphatic hydroxyl groups is 1. The lowest BCUT2D eigenvalue weighted by Crippen LogP contribution is -2.43. The number of carbonyl (C=O) groups is 1. The number of halogens is 3. The van der Waals surface area contributed by atoms with Gasteiger partial charge in [0.25, 0.3) is 0 Å². The fourth-order valence-electron chi connectivity index (χ4n) is 2.59. The Morgan fingerprint density at radius 1 is 1.33 bits per heavy atom. The number of aliphatic hydroxyl groups excluding tert-OH is 1. The molecular formula is C15H18F3NO2. The summed E-state index contributed by atoms with van der Waals surface area (Å²) in [5.41, 5.74) is 0.0934. The van der Waals surface area contributed by atoms with Crippen LogP contribution >= 0.6 is 0 Å². The smallest absolute Gasteiger partial charge is 0.391 e. The minimum absolute atomic E-state index is 0.0934. The molecule has 21 heavy (non-hydrogen) atoms. The second-order valence-corrected chi connectivity index (χ2v) is 5.34. The van der Waals surface area contributed by atoms with Crippen LogP contribution in [0.4, 0.5) is 13.2 Å². The van der Waals surface area contributed by atoms with Crippen molar-refractivity contribution in [2.45, 2.75) is 37.5 Å². The van der Waals surface area contributed by atoms with Gasteiger partial charge in [-0.25, -0.2) is 0 Å². The average Bonchev–Trinajstić information content (AvgIpc) is 2.44. The number of hydrogen-bond donors (Lipinski definition) is 1. The zero-order valence-electron chi connectivity index (χ0n) is 11.5. The summed E-state index contributed by atoms with van der Waals surface area (Å²) in [4.78, 5) is 13.4.